The number of amides is 1. The fourth-order valence-corrected chi connectivity index (χ4v) is 7.37. The first kappa shape index (κ1) is 65.4. The highest BCUT2D eigenvalue weighted by Gasteiger charge is 2.27. The van der Waals surface area contributed by atoms with E-state index in [9.17, 15) is 19.4 Å². The molecule has 0 fully saturated rings. The summed E-state index contributed by atoms with van der Waals surface area (Å²) in [6.07, 6.45) is 76.6. The van der Waals surface area contributed by atoms with Crippen LogP contribution in [0.5, 0.6) is 0 Å². The minimum Gasteiger partial charge on any atom is -0.387 e. The van der Waals surface area contributed by atoms with Gasteiger partial charge in [-0.3, -0.25) is 13.8 Å². The van der Waals surface area contributed by atoms with Crippen LogP contribution < -0.4 is 5.32 Å². The first-order valence-electron chi connectivity index (χ1n) is 26.7. The molecule has 0 radical (unpaired) electrons. The van der Waals surface area contributed by atoms with Gasteiger partial charge in [-0.15, -0.1) is 0 Å². The Balaban J connectivity index is 4.23. The van der Waals surface area contributed by atoms with Crippen molar-refractivity contribution in [1.82, 2.24) is 5.32 Å². The van der Waals surface area contributed by atoms with Gasteiger partial charge in [0, 0.05) is 6.42 Å². The van der Waals surface area contributed by atoms with Gasteiger partial charge >= 0.3 is 7.82 Å². The normalized spacial score (nSPS) is 15.2. The van der Waals surface area contributed by atoms with Crippen LogP contribution in [0, 0.1) is 0 Å². The lowest BCUT2D eigenvalue weighted by atomic mass is 10.1. The van der Waals surface area contributed by atoms with Crippen LogP contribution in [-0.4, -0.2) is 73.4 Å². The summed E-state index contributed by atoms with van der Waals surface area (Å²) in [5.74, 6) is -0.218. The second kappa shape index (κ2) is 49.4. The number of unbranched alkanes of at least 4 members (excludes halogenated alkanes) is 11. The molecule has 3 atom stereocenters. The number of allylic oxidation sites excluding steroid dienone is 23. The number of hydrogen-bond acceptors (Lipinski definition) is 5. The lowest BCUT2D eigenvalue weighted by Gasteiger charge is -2.25. The predicted octanol–water partition coefficient (Wildman–Crippen LogP) is 16.1. The summed E-state index contributed by atoms with van der Waals surface area (Å²) in [6, 6.07) is -0.873. The maximum Gasteiger partial charge on any atom is 0.472 e. The Bertz CT molecular complexity index is 1620. The Morgan fingerprint density at radius 2 is 0.870 bits per heavy atom. The monoisotopic (exact) mass is 976 g/mol. The van der Waals surface area contributed by atoms with E-state index in [1.807, 2.05) is 27.2 Å². The van der Waals surface area contributed by atoms with Gasteiger partial charge < -0.3 is 19.8 Å². The molecule has 390 valence electrons. The number of phosphoric acid groups is 1. The Hall–Kier alpha value is -3.62. The molecule has 0 aliphatic rings. The Kier molecular flexibility index (Phi) is 46.8. The van der Waals surface area contributed by atoms with Crippen molar-refractivity contribution in [3.8, 4) is 0 Å². The van der Waals surface area contributed by atoms with Crippen LogP contribution in [0.1, 0.15) is 174 Å². The van der Waals surface area contributed by atoms with Crippen molar-refractivity contribution < 1.29 is 32.9 Å². The fourth-order valence-electron chi connectivity index (χ4n) is 6.63. The molecule has 0 aromatic rings. The maximum absolute atomic E-state index is 12.9. The number of rotatable bonds is 46. The van der Waals surface area contributed by atoms with Gasteiger partial charge in [0.2, 0.25) is 5.91 Å². The molecule has 0 heterocycles. The van der Waals surface area contributed by atoms with Crippen LogP contribution in [0.15, 0.2) is 146 Å². The van der Waals surface area contributed by atoms with Gasteiger partial charge in [-0.05, 0) is 103 Å². The number of aliphatic hydroxyl groups excluding tert-OH is 1. The summed E-state index contributed by atoms with van der Waals surface area (Å²) < 4.78 is 23.5. The van der Waals surface area contributed by atoms with Crippen LogP contribution in [0.4, 0.5) is 0 Å². The van der Waals surface area contributed by atoms with Gasteiger partial charge in [-0.25, -0.2) is 4.57 Å². The average molecular weight is 976 g/mol. The molecule has 0 aliphatic heterocycles. The number of nitrogens with zero attached hydrogens (tertiary/aromatic N) is 1. The molecular weight excluding hydrogens is 876 g/mol. The van der Waals surface area contributed by atoms with Crippen LogP contribution in [0.2, 0.25) is 0 Å². The molecule has 0 bridgehead atoms. The summed E-state index contributed by atoms with van der Waals surface area (Å²) >= 11 is 0. The Morgan fingerprint density at radius 1 is 0.507 bits per heavy atom. The summed E-state index contributed by atoms with van der Waals surface area (Å²) in [5.41, 5.74) is 0. The zero-order chi connectivity index (χ0) is 50.6. The first-order chi connectivity index (χ1) is 33.5. The summed E-state index contributed by atoms with van der Waals surface area (Å²) in [5, 5.41) is 13.8. The molecule has 1 amide bonds. The lowest BCUT2D eigenvalue weighted by molar-refractivity contribution is -0.870. The fraction of sp³-hybridized carbons (Fsp3) is 0.583. The summed E-state index contributed by atoms with van der Waals surface area (Å²) in [6.45, 7) is 4.61. The summed E-state index contributed by atoms with van der Waals surface area (Å²) in [4.78, 5) is 23.1. The van der Waals surface area contributed by atoms with Crippen LogP contribution >= 0.6 is 7.82 Å². The van der Waals surface area contributed by atoms with Crippen molar-refractivity contribution in [2.75, 3.05) is 40.9 Å². The number of likely N-dealkylation sites (N-methyl/N-ethyl adjacent to an activating group) is 1. The third-order valence-electron chi connectivity index (χ3n) is 10.8. The molecule has 0 rings (SSSR count). The molecule has 0 saturated heterocycles. The van der Waals surface area contributed by atoms with Gasteiger partial charge in [0.15, 0.2) is 0 Å². The highest BCUT2D eigenvalue weighted by molar-refractivity contribution is 7.47. The lowest BCUT2D eigenvalue weighted by Crippen LogP contribution is -2.45. The zero-order valence-corrected chi connectivity index (χ0v) is 45.1. The molecule has 0 saturated carbocycles. The number of hydrogen-bond donors (Lipinski definition) is 3. The Morgan fingerprint density at radius 3 is 1.28 bits per heavy atom. The van der Waals surface area contributed by atoms with Gasteiger partial charge in [0.25, 0.3) is 0 Å². The third kappa shape index (κ3) is 52.0. The number of carbonyl (C=O) groups is 1. The molecule has 69 heavy (non-hydrogen) atoms. The van der Waals surface area contributed by atoms with E-state index in [1.54, 1.807) is 6.08 Å². The second-order valence-electron chi connectivity index (χ2n) is 18.5. The molecule has 3 unspecified atom stereocenters. The van der Waals surface area contributed by atoms with E-state index < -0.39 is 20.0 Å². The number of aliphatic hydroxyl groups is 1. The number of carbonyl (C=O) groups excluding carboxylic acids is 1. The molecule has 0 aliphatic carbocycles. The minimum absolute atomic E-state index is 0.0463. The largest absolute Gasteiger partial charge is 0.472 e. The molecular formula is C60H100N2O6P+. The highest BCUT2D eigenvalue weighted by Crippen LogP contribution is 2.43. The first-order valence-corrected chi connectivity index (χ1v) is 28.2. The van der Waals surface area contributed by atoms with E-state index in [-0.39, 0.29) is 19.1 Å². The minimum atomic E-state index is -4.36. The van der Waals surface area contributed by atoms with E-state index >= 15 is 0 Å². The molecule has 9 heteroatoms. The number of phosphoric ester groups is 1. The van der Waals surface area contributed by atoms with Gasteiger partial charge in [-0.2, -0.15) is 0 Å². The van der Waals surface area contributed by atoms with Crippen molar-refractivity contribution >= 4 is 13.7 Å². The summed E-state index contributed by atoms with van der Waals surface area (Å²) in [7, 11) is 1.52. The molecule has 8 nitrogen and oxygen atoms in total. The molecule has 0 aromatic heterocycles. The van der Waals surface area contributed by atoms with E-state index in [0.29, 0.717) is 23.9 Å². The molecule has 3 N–H and O–H groups in total. The van der Waals surface area contributed by atoms with Crippen molar-refractivity contribution in [2.45, 2.75) is 187 Å². The quantitative estimate of drug-likeness (QED) is 0.0243. The van der Waals surface area contributed by atoms with E-state index in [1.165, 1.54) is 38.5 Å². The zero-order valence-electron chi connectivity index (χ0n) is 44.2. The maximum atomic E-state index is 12.9. The van der Waals surface area contributed by atoms with Gasteiger partial charge in [0.1, 0.15) is 13.2 Å². The molecule has 0 aromatic carbocycles. The number of quaternary nitrogens is 1. The second-order valence-corrected chi connectivity index (χ2v) is 20.0. The van der Waals surface area contributed by atoms with Crippen LogP contribution in [0.25, 0.3) is 0 Å². The van der Waals surface area contributed by atoms with Gasteiger partial charge in [0.05, 0.1) is 39.9 Å². The number of nitrogens with one attached hydrogen (secondary N) is 1. The van der Waals surface area contributed by atoms with Gasteiger partial charge in [-0.1, -0.05) is 211 Å². The van der Waals surface area contributed by atoms with Crippen molar-refractivity contribution in [3.05, 3.63) is 146 Å². The smallest absolute Gasteiger partial charge is 0.387 e. The SMILES string of the molecule is CC/C=C\C/C=C\C/C=C\C/C=C\C/C=C\C/C=C\C/C=C\C/C=C\C/C=C\C/C=C\C/C=C\CCCCCC(=O)NC(COP(=O)(O)OCC[N+](C)(C)C)C(O)/C=C/CCCCCCCCCC. The van der Waals surface area contributed by atoms with Crippen molar-refractivity contribution in [1.29, 1.82) is 0 Å². The van der Waals surface area contributed by atoms with Crippen molar-refractivity contribution in [2.24, 2.45) is 0 Å². The van der Waals surface area contributed by atoms with Crippen LogP contribution in [0.3, 0.4) is 0 Å². The van der Waals surface area contributed by atoms with E-state index in [2.05, 4.69) is 153 Å². The van der Waals surface area contributed by atoms with Crippen LogP contribution in [-0.2, 0) is 18.4 Å². The Labute approximate surface area is 423 Å². The van der Waals surface area contributed by atoms with E-state index in [4.69, 9.17) is 9.05 Å². The third-order valence-corrected chi connectivity index (χ3v) is 11.8. The van der Waals surface area contributed by atoms with E-state index in [0.717, 1.165) is 109 Å². The highest BCUT2D eigenvalue weighted by atomic mass is 31.2. The topological polar surface area (TPSA) is 105 Å². The molecule has 0 spiro atoms. The van der Waals surface area contributed by atoms with Crippen molar-refractivity contribution in [3.63, 3.8) is 0 Å². The predicted molar refractivity (Wildman–Crippen MR) is 299 cm³/mol. The standard InChI is InChI=1S/C60H99N2O6P/c1-6-8-10-12-14-16-18-19-20-21-22-23-24-25-26-27-28-29-30-31-32-33-34-35-36-37-38-39-40-41-42-43-44-46-48-50-52-54-60(64)61-58(57-68-69(65,66)67-56-55-62(3,4)5)59(63)53-51-49-47-45-17-15-13-11-9-7-2/h8,10,14,16,19-20,22-23,25-26,28-29,31-32,34-35,37-38,40-41,43-44,51,53,58-59,63H,6-7,9,11-13,15,17-18,21,24,27,30,33,36,39,42,45-50,52,54-57H2,1-5H3,(H-,61,64,65,66)/p+1/b10-8-,16-14-,20-19-,23-22-,26-25-,29-28-,32-31-,35-34-,38-37-,41-40-,44-43-,53-51+. The average Bonchev–Trinajstić information content (AvgIpc) is 3.31.